The molecule has 4 nitrogen and oxygen atoms in total. The summed E-state index contributed by atoms with van der Waals surface area (Å²) in [5.74, 6) is 0.828. The molecule has 0 saturated heterocycles. The molecule has 4 heteroatoms. The fourth-order valence-corrected chi connectivity index (χ4v) is 3.49. The second-order valence-electron chi connectivity index (χ2n) is 5.71. The number of benzene rings is 2. The number of pyridine rings is 1. The van der Waals surface area contributed by atoms with Crippen molar-refractivity contribution < 1.29 is 4.74 Å². The van der Waals surface area contributed by atoms with Gasteiger partial charge in [-0.3, -0.25) is 0 Å². The van der Waals surface area contributed by atoms with E-state index in [1.165, 1.54) is 5.52 Å². The molecule has 112 valence electrons. The average molecular weight is 301 g/mol. The third kappa shape index (κ3) is 1.74. The van der Waals surface area contributed by atoms with Crippen LogP contribution in [0.1, 0.15) is 11.3 Å². The number of nitriles is 1. The number of ether oxygens (including phenoxy) is 1. The lowest BCUT2D eigenvalue weighted by atomic mass is 10.0. The van der Waals surface area contributed by atoms with E-state index < -0.39 is 0 Å². The van der Waals surface area contributed by atoms with Crippen molar-refractivity contribution in [1.29, 1.82) is 5.26 Å². The summed E-state index contributed by atoms with van der Waals surface area (Å²) < 4.78 is 7.57. The summed E-state index contributed by atoms with van der Waals surface area (Å²) in [6.45, 7) is 2.10. The van der Waals surface area contributed by atoms with Crippen LogP contribution < -0.4 is 4.74 Å². The minimum absolute atomic E-state index is 0.465. The molecular formula is C19H15N3O. The second-order valence-corrected chi connectivity index (χ2v) is 5.71. The molecule has 0 bridgehead atoms. The molecule has 0 radical (unpaired) electrons. The normalized spacial score (nSPS) is 11.2. The highest BCUT2D eigenvalue weighted by molar-refractivity contribution is 6.15. The molecule has 2 heterocycles. The van der Waals surface area contributed by atoms with Crippen LogP contribution in [-0.2, 0) is 7.05 Å². The summed E-state index contributed by atoms with van der Waals surface area (Å²) in [5.41, 5.74) is 3.95. The topological polar surface area (TPSA) is 50.8 Å². The Morgan fingerprint density at radius 1 is 1.09 bits per heavy atom. The van der Waals surface area contributed by atoms with E-state index in [-0.39, 0.29) is 0 Å². The minimum Gasteiger partial charge on any atom is -0.497 e. The molecule has 0 aliphatic carbocycles. The number of fused-ring (bicyclic) bond motifs is 4. The number of aryl methyl sites for hydroxylation is 2. The van der Waals surface area contributed by atoms with E-state index in [4.69, 9.17) is 4.74 Å². The molecule has 0 unspecified atom stereocenters. The highest BCUT2D eigenvalue weighted by Gasteiger charge is 2.15. The van der Waals surface area contributed by atoms with Gasteiger partial charge >= 0.3 is 0 Å². The monoisotopic (exact) mass is 301 g/mol. The molecule has 0 aliphatic heterocycles. The van der Waals surface area contributed by atoms with Gasteiger partial charge in [0.2, 0.25) is 0 Å². The van der Waals surface area contributed by atoms with Gasteiger partial charge in [-0.15, -0.1) is 0 Å². The lowest BCUT2D eigenvalue weighted by Gasteiger charge is -2.07. The van der Waals surface area contributed by atoms with Crippen LogP contribution in [0, 0.1) is 18.3 Å². The first-order chi connectivity index (χ1) is 11.2. The van der Waals surface area contributed by atoms with Crippen molar-refractivity contribution in [3.05, 3.63) is 47.8 Å². The minimum atomic E-state index is 0.465. The highest BCUT2D eigenvalue weighted by Crippen LogP contribution is 2.36. The first kappa shape index (κ1) is 13.6. The molecule has 0 amide bonds. The molecule has 4 aromatic rings. The van der Waals surface area contributed by atoms with Gasteiger partial charge in [0.05, 0.1) is 12.6 Å². The number of nitrogens with zero attached hydrogens (tertiary/aromatic N) is 3. The van der Waals surface area contributed by atoms with E-state index >= 15 is 0 Å². The summed E-state index contributed by atoms with van der Waals surface area (Å²) in [7, 11) is 3.74. The van der Waals surface area contributed by atoms with Gasteiger partial charge in [-0.05, 0) is 48.2 Å². The molecule has 23 heavy (non-hydrogen) atoms. The van der Waals surface area contributed by atoms with Crippen LogP contribution in [0.25, 0.3) is 32.6 Å². The lowest BCUT2D eigenvalue weighted by molar-refractivity contribution is 0.415. The molecule has 0 fully saturated rings. The zero-order valence-corrected chi connectivity index (χ0v) is 13.2. The fraction of sp³-hybridized carbons (Fsp3) is 0.158. The van der Waals surface area contributed by atoms with Gasteiger partial charge in [-0.2, -0.15) is 5.26 Å². The Balaban J connectivity index is 2.29. The molecule has 0 spiro atoms. The molecule has 0 N–H and O–H groups in total. The Labute approximate surface area is 133 Å². The summed E-state index contributed by atoms with van der Waals surface area (Å²) in [6, 6.07) is 12.3. The SMILES string of the molecule is COc1ccc2c(c1)c1cc3c(C#N)nccc3c(C)c1n2C. The van der Waals surface area contributed by atoms with Gasteiger partial charge in [0, 0.05) is 34.9 Å². The van der Waals surface area contributed by atoms with Gasteiger partial charge in [-0.25, -0.2) is 4.98 Å². The van der Waals surface area contributed by atoms with Crippen molar-refractivity contribution in [1.82, 2.24) is 9.55 Å². The Morgan fingerprint density at radius 2 is 1.91 bits per heavy atom. The first-order valence-electron chi connectivity index (χ1n) is 7.40. The maximum absolute atomic E-state index is 9.36. The van der Waals surface area contributed by atoms with Crippen LogP contribution in [0.15, 0.2) is 36.5 Å². The van der Waals surface area contributed by atoms with Crippen molar-refractivity contribution in [2.24, 2.45) is 7.05 Å². The largest absolute Gasteiger partial charge is 0.497 e. The van der Waals surface area contributed by atoms with Crippen molar-refractivity contribution in [3.8, 4) is 11.8 Å². The van der Waals surface area contributed by atoms with E-state index in [9.17, 15) is 5.26 Å². The van der Waals surface area contributed by atoms with Crippen molar-refractivity contribution in [2.45, 2.75) is 6.92 Å². The van der Waals surface area contributed by atoms with Crippen LogP contribution >= 0.6 is 0 Å². The van der Waals surface area contributed by atoms with Gasteiger partial charge in [0.15, 0.2) is 0 Å². The predicted molar refractivity (Wildman–Crippen MR) is 91.7 cm³/mol. The summed E-state index contributed by atoms with van der Waals surface area (Å²) in [6.07, 6.45) is 1.70. The summed E-state index contributed by atoms with van der Waals surface area (Å²) in [4.78, 5) is 4.20. The second kappa shape index (κ2) is 4.72. The Bertz CT molecular complexity index is 1130. The van der Waals surface area contributed by atoms with Crippen LogP contribution in [0.4, 0.5) is 0 Å². The zero-order chi connectivity index (χ0) is 16.1. The third-order valence-electron chi connectivity index (χ3n) is 4.59. The average Bonchev–Trinajstić information content (AvgIpc) is 2.87. The maximum Gasteiger partial charge on any atom is 0.148 e. The predicted octanol–water partition coefficient (Wildman–Crippen LogP) is 4.07. The van der Waals surface area contributed by atoms with Gasteiger partial charge in [0.25, 0.3) is 0 Å². The van der Waals surface area contributed by atoms with Crippen LogP contribution in [-0.4, -0.2) is 16.7 Å². The third-order valence-corrected chi connectivity index (χ3v) is 4.59. The zero-order valence-electron chi connectivity index (χ0n) is 13.2. The van der Waals surface area contributed by atoms with E-state index in [1.54, 1.807) is 13.3 Å². The quantitative estimate of drug-likeness (QED) is 0.532. The van der Waals surface area contributed by atoms with Gasteiger partial charge in [-0.1, -0.05) is 0 Å². The van der Waals surface area contributed by atoms with Crippen molar-refractivity contribution >= 4 is 32.6 Å². The first-order valence-corrected chi connectivity index (χ1v) is 7.40. The van der Waals surface area contributed by atoms with Crippen molar-refractivity contribution in [3.63, 3.8) is 0 Å². The Hall–Kier alpha value is -3.06. The van der Waals surface area contributed by atoms with Gasteiger partial charge in [0.1, 0.15) is 17.5 Å². The number of hydrogen-bond donors (Lipinski definition) is 0. The van der Waals surface area contributed by atoms with E-state index in [0.717, 1.165) is 38.4 Å². The molecule has 4 rings (SSSR count). The molecule has 2 aromatic carbocycles. The summed E-state index contributed by atoms with van der Waals surface area (Å²) in [5, 5.41) is 13.6. The Kier molecular flexibility index (Phi) is 2.79. The smallest absolute Gasteiger partial charge is 0.148 e. The number of methoxy groups -OCH3 is 1. The standard InChI is InChI=1S/C19H15N3O/c1-11-13-6-7-21-17(10-20)14(13)9-16-15-8-12(23-3)4-5-18(15)22(2)19(11)16/h4-9H,1-3H3. The lowest BCUT2D eigenvalue weighted by Crippen LogP contribution is -1.92. The molecular weight excluding hydrogens is 286 g/mol. The van der Waals surface area contributed by atoms with Crippen LogP contribution in [0.3, 0.4) is 0 Å². The Morgan fingerprint density at radius 3 is 2.65 bits per heavy atom. The highest BCUT2D eigenvalue weighted by atomic mass is 16.5. The maximum atomic E-state index is 9.36. The van der Waals surface area contributed by atoms with Crippen molar-refractivity contribution in [2.75, 3.05) is 7.11 Å². The van der Waals surface area contributed by atoms with Crippen LogP contribution in [0.5, 0.6) is 5.75 Å². The molecule has 0 aliphatic rings. The van der Waals surface area contributed by atoms with Gasteiger partial charge < -0.3 is 9.30 Å². The molecule has 0 atom stereocenters. The van der Waals surface area contributed by atoms with Crippen LogP contribution in [0.2, 0.25) is 0 Å². The number of rotatable bonds is 1. The van der Waals surface area contributed by atoms with E-state index in [1.807, 2.05) is 18.2 Å². The van der Waals surface area contributed by atoms with E-state index in [0.29, 0.717) is 5.69 Å². The van der Waals surface area contributed by atoms with E-state index in [2.05, 4.69) is 41.7 Å². The fourth-order valence-electron chi connectivity index (χ4n) is 3.49. The summed E-state index contributed by atoms with van der Waals surface area (Å²) >= 11 is 0. The molecule has 2 aromatic heterocycles. The molecule has 0 saturated carbocycles. The number of aromatic nitrogens is 2. The number of hydrogen-bond acceptors (Lipinski definition) is 3.